The number of aromatic hydroxyl groups is 1. The molecule has 0 saturated heterocycles. The number of hydrogen-bond acceptors (Lipinski definition) is 13. The van der Waals surface area contributed by atoms with Crippen molar-refractivity contribution in [2.24, 2.45) is 10.2 Å². The molecule has 2 aromatic rings. The third-order valence-electron chi connectivity index (χ3n) is 3.60. The van der Waals surface area contributed by atoms with E-state index < -0.39 is 46.6 Å². The zero-order valence-corrected chi connectivity index (χ0v) is 18.2. The van der Waals surface area contributed by atoms with Gasteiger partial charge in [-0.2, -0.15) is 8.42 Å². The fraction of sp³-hybridized carbons (Fsp3) is 0.143. The summed E-state index contributed by atoms with van der Waals surface area (Å²) >= 11 is 0.386. The topological polar surface area (TPSA) is 235 Å². The fourth-order valence-electron chi connectivity index (χ4n) is 2.20. The number of azo groups is 1. The highest BCUT2D eigenvalue weighted by Gasteiger charge is 2.22. The van der Waals surface area contributed by atoms with Crippen molar-refractivity contribution in [2.75, 3.05) is 0 Å². The molecule has 174 valence electrons. The van der Waals surface area contributed by atoms with Gasteiger partial charge in [-0.25, -0.2) is 14.8 Å². The van der Waals surface area contributed by atoms with Gasteiger partial charge in [-0.05, 0) is 25.1 Å². The van der Waals surface area contributed by atoms with Crippen LogP contribution >= 0.6 is 19.9 Å². The molecule has 0 amide bonds. The van der Waals surface area contributed by atoms with E-state index in [1.54, 1.807) is 0 Å². The average Bonchev–Trinajstić information content (AvgIpc) is 2.70. The number of rotatable bonds is 10. The van der Waals surface area contributed by atoms with Crippen LogP contribution in [0.4, 0.5) is 11.5 Å². The molecule has 0 spiro atoms. The zero-order valence-electron chi connectivity index (χ0n) is 15.7. The predicted molar refractivity (Wildman–Crippen MR) is 104 cm³/mol. The van der Waals surface area contributed by atoms with Crippen LogP contribution in [-0.4, -0.2) is 44.4 Å². The maximum atomic E-state index is 11.4. The first-order chi connectivity index (χ1) is 14.9. The lowest BCUT2D eigenvalue weighted by Crippen LogP contribution is -2.01. The summed E-state index contributed by atoms with van der Waals surface area (Å²) in [4.78, 5) is 32.6. The van der Waals surface area contributed by atoms with Gasteiger partial charge in [0.05, 0.1) is 39.7 Å². The van der Waals surface area contributed by atoms with Crippen molar-refractivity contribution >= 4 is 47.8 Å². The molecule has 0 atom stereocenters. The van der Waals surface area contributed by atoms with E-state index in [1.807, 2.05) is 0 Å². The third kappa shape index (κ3) is 6.84. The normalized spacial score (nSPS) is 12.4. The van der Waals surface area contributed by atoms with Crippen molar-refractivity contribution in [3.63, 3.8) is 0 Å². The Bertz CT molecular complexity index is 1200. The Morgan fingerprint density at radius 3 is 2.53 bits per heavy atom. The summed E-state index contributed by atoms with van der Waals surface area (Å²) in [5, 5.41) is 29.3. The van der Waals surface area contributed by atoms with Crippen LogP contribution in [-0.2, 0) is 35.2 Å². The van der Waals surface area contributed by atoms with Gasteiger partial charge in [0.15, 0.2) is 12.1 Å². The zero-order chi connectivity index (χ0) is 24.1. The second-order valence-electron chi connectivity index (χ2n) is 5.67. The third-order valence-corrected chi connectivity index (χ3v) is 5.57. The van der Waals surface area contributed by atoms with E-state index >= 15 is 0 Å². The van der Waals surface area contributed by atoms with E-state index in [0.29, 0.717) is 12.0 Å². The number of phosphoric ester groups is 1. The minimum absolute atomic E-state index is 0.0364. The van der Waals surface area contributed by atoms with E-state index in [9.17, 15) is 27.4 Å². The molecule has 0 fully saturated rings. The molecule has 1 aromatic heterocycles. The van der Waals surface area contributed by atoms with Crippen molar-refractivity contribution in [3.8, 4) is 5.75 Å². The highest BCUT2D eigenvalue weighted by molar-refractivity contribution is 7.94. The van der Waals surface area contributed by atoms with Crippen LogP contribution in [0.3, 0.4) is 0 Å². The summed E-state index contributed by atoms with van der Waals surface area (Å²) in [7, 11) is -9.62. The second kappa shape index (κ2) is 10.5. The number of benzene rings is 1. The first-order valence-electron chi connectivity index (χ1n) is 7.93. The van der Waals surface area contributed by atoms with Crippen molar-refractivity contribution < 1.29 is 56.4 Å². The summed E-state index contributed by atoms with van der Waals surface area (Å²) in [5.74, 6) is -0.982. The largest absolute Gasteiger partial charge is 0.505 e. The summed E-state index contributed by atoms with van der Waals surface area (Å²) in [6.07, 6.45) is 0.189. The molecule has 1 aromatic carbocycles. The molecule has 18 heteroatoms. The Balaban J connectivity index is 2.62. The molecule has 5 N–H and O–H groups in total. The first-order valence-corrected chi connectivity index (χ1v) is 11.6. The lowest BCUT2D eigenvalue weighted by Gasteiger charge is -2.12. The van der Waals surface area contributed by atoms with Crippen LogP contribution in [0.1, 0.15) is 21.6 Å². The SMILES string of the molecule is Cc1nc(/N=N/c2cc(S(=O)(=O)O)ccc2SOOO)c(COP(=O)(O)O)c(C=O)c1O. The number of carbonyl (C=O) groups excluding carboxylic acids is 1. The molecule has 0 unspecified atom stereocenters. The van der Waals surface area contributed by atoms with Gasteiger partial charge in [0.1, 0.15) is 11.4 Å². The molecule has 0 saturated carbocycles. The lowest BCUT2D eigenvalue weighted by atomic mass is 10.1. The highest BCUT2D eigenvalue weighted by atomic mass is 32.2. The number of aldehydes is 1. The van der Waals surface area contributed by atoms with Gasteiger partial charge < -0.3 is 14.9 Å². The molecule has 32 heavy (non-hydrogen) atoms. The lowest BCUT2D eigenvalue weighted by molar-refractivity contribution is -0.432. The van der Waals surface area contributed by atoms with Crippen LogP contribution < -0.4 is 0 Å². The summed E-state index contributed by atoms with van der Waals surface area (Å²) in [5.41, 5.74) is -1.08. The van der Waals surface area contributed by atoms with Gasteiger partial charge in [-0.1, -0.05) is 5.04 Å². The minimum Gasteiger partial charge on any atom is -0.505 e. The Labute approximate surface area is 183 Å². The molecular formula is C14H14N3O12PS2. The van der Waals surface area contributed by atoms with Crippen LogP contribution in [0.5, 0.6) is 5.75 Å². The standard InChI is InChI=1S/C14H14N3O12PS2/c1-7-13(19)9(5-18)10(6-27-30(21,22)23)14(15-7)17-16-11-4-8(32(24,25)26)2-3-12(11)31-29-28-20/h2-5,19-20H,6H2,1H3,(H2,21,22,23)(H,24,25,26)/b17-16+. The molecule has 0 aliphatic heterocycles. The van der Waals surface area contributed by atoms with E-state index in [0.717, 1.165) is 18.2 Å². The number of aromatic nitrogens is 1. The van der Waals surface area contributed by atoms with Crippen LogP contribution in [0, 0.1) is 6.92 Å². The molecule has 15 nitrogen and oxygen atoms in total. The molecule has 1 heterocycles. The van der Waals surface area contributed by atoms with Gasteiger partial charge in [0.2, 0.25) is 0 Å². The van der Waals surface area contributed by atoms with Crippen LogP contribution in [0.15, 0.2) is 38.2 Å². The molecular weight excluding hydrogens is 497 g/mol. The van der Waals surface area contributed by atoms with Crippen molar-refractivity contribution in [1.82, 2.24) is 4.98 Å². The van der Waals surface area contributed by atoms with E-state index in [-0.39, 0.29) is 28.1 Å². The summed E-state index contributed by atoms with van der Waals surface area (Å²) < 4.78 is 51.7. The maximum Gasteiger partial charge on any atom is 0.469 e. The Morgan fingerprint density at radius 2 is 1.97 bits per heavy atom. The smallest absolute Gasteiger partial charge is 0.469 e. The quantitative estimate of drug-likeness (QED) is 0.0586. The number of carbonyl (C=O) groups is 1. The van der Waals surface area contributed by atoms with E-state index in [4.69, 9.17) is 15.0 Å². The number of nitrogens with zero attached hydrogens (tertiary/aromatic N) is 3. The second-order valence-corrected chi connectivity index (χ2v) is 9.08. The van der Waals surface area contributed by atoms with Crippen molar-refractivity contribution in [2.45, 2.75) is 23.3 Å². The monoisotopic (exact) mass is 511 g/mol. The summed E-state index contributed by atoms with van der Waals surface area (Å²) in [6, 6.07) is 3.00. The molecule has 0 bridgehead atoms. The first kappa shape index (κ1) is 25.9. The van der Waals surface area contributed by atoms with Gasteiger partial charge in [-0.3, -0.25) is 13.9 Å². The highest BCUT2D eigenvalue weighted by Crippen LogP contribution is 2.40. The van der Waals surface area contributed by atoms with Gasteiger partial charge >= 0.3 is 7.82 Å². The summed E-state index contributed by atoms with van der Waals surface area (Å²) in [6.45, 7) is 0.420. The molecule has 2 rings (SSSR count). The number of phosphoric acid groups is 1. The van der Waals surface area contributed by atoms with E-state index in [1.165, 1.54) is 6.92 Å². The van der Waals surface area contributed by atoms with Gasteiger partial charge in [0, 0.05) is 5.56 Å². The number of hydrogen-bond donors (Lipinski definition) is 5. The van der Waals surface area contributed by atoms with Crippen molar-refractivity contribution in [3.05, 3.63) is 35.0 Å². The number of pyridine rings is 1. The minimum atomic E-state index is -4.98. The van der Waals surface area contributed by atoms with Crippen molar-refractivity contribution in [1.29, 1.82) is 0 Å². The van der Waals surface area contributed by atoms with Crippen LogP contribution in [0.25, 0.3) is 0 Å². The Hall–Kier alpha value is -2.31. The van der Waals surface area contributed by atoms with Gasteiger partial charge in [-0.15, -0.1) is 14.6 Å². The van der Waals surface area contributed by atoms with Gasteiger partial charge in [0.25, 0.3) is 10.1 Å². The van der Waals surface area contributed by atoms with E-state index in [2.05, 4.69) is 29.1 Å². The Morgan fingerprint density at radius 1 is 1.28 bits per heavy atom. The molecule has 0 aliphatic rings. The molecule has 0 aliphatic carbocycles. The fourth-order valence-corrected chi connectivity index (χ4v) is 3.41. The van der Waals surface area contributed by atoms with Crippen LogP contribution in [0.2, 0.25) is 0 Å². The number of aryl methyl sites for hydroxylation is 1. The predicted octanol–water partition coefficient (Wildman–Crippen LogP) is 2.61. The average molecular weight is 511 g/mol. The Kier molecular flexibility index (Phi) is 8.54. The molecule has 0 radical (unpaired) electrons. The maximum absolute atomic E-state index is 11.4.